The zero-order valence-corrected chi connectivity index (χ0v) is 18.1. The Morgan fingerprint density at radius 3 is 2.85 bits per heavy atom. The number of hydrogen-bond acceptors (Lipinski definition) is 5. The number of fused-ring (bicyclic) bond motifs is 2. The van der Waals surface area contributed by atoms with E-state index in [0.717, 1.165) is 4.52 Å². The highest BCUT2D eigenvalue weighted by Gasteiger charge is 2.47. The van der Waals surface area contributed by atoms with Crippen LogP contribution in [0.2, 0.25) is 0 Å². The largest absolute Gasteiger partial charge is 0.479 e. The van der Waals surface area contributed by atoms with Gasteiger partial charge < -0.3 is 9.30 Å². The van der Waals surface area contributed by atoms with E-state index in [0.29, 0.717) is 11.0 Å². The molecule has 1 aromatic carbocycles. The summed E-state index contributed by atoms with van der Waals surface area (Å²) in [5, 5.41) is 2.61. The minimum atomic E-state index is -3.08. The van der Waals surface area contributed by atoms with Crippen LogP contribution >= 0.6 is 0 Å². The van der Waals surface area contributed by atoms with Crippen LogP contribution in [-0.4, -0.2) is 74.7 Å². The molecule has 0 spiro atoms. The lowest BCUT2D eigenvalue weighted by atomic mass is 10.1. The van der Waals surface area contributed by atoms with Gasteiger partial charge in [0.1, 0.15) is 11.6 Å². The summed E-state index contributed by atoms with van der Waals surface area (Å²) in [7, 11) is 2.81. The van der Waals surface area contributed by atoms with E-state index in [1.54, 1.807) is 13.1 Å². The maximum absolute atomic E-state index is 15.4. The van der Waals surface area contributed by atoms with Gasteiger partial charge in [-0.3, -0.25) is 14.5 Å². The molecule has 0 amide bonds. The molecular weight excluding hydrogens is 461 g/mol. The number of hydrogen-bond donors (Lipinski definition) is 1. The molecule has 5 rings (SSSR count). The monoisotopic (exact) mass is 482 g/mol. The van der Waals surface area contributed by atoms with E-state index in [2.05, 4.69) is 20.1 Å². The number of nitrogens with one attached hydrogen (secondary N) is 1. The molecule has 0 bridgehead atoms. The summed E-state index contributed by atoms with van der Waals surface area (Å²) in [6, 6.07) is 3.18. The number of likely N-dealkylation sites (N-methyl/N-ethyl adjacent to an activating group) is 1. The van der Waals surface area contributed by atoms with E-state index < -0.39 is 43.5 Å². The number of imidazole rings is 1. The summed E-state index contributed by atoms with van der Waals surface area (Å²) in [5.41, 5.74) is 0.759. The van der Waals surface area contributed by atoms with E-state index in [-0.39, 0.29) is 34.7 Å². The van der Waals surface area contributed by atoms with Crippen molar-refractivity contribution in [2.45, 2.75) is 24.9 Å². The van der Waals surface area contributed by atoms with Gasteiger partial charge in [-0.2, -0.15) is 4.98 Å². The normalized spacial score (nSPS) is 19.6. The van der Waals surface area contributed by atoms with Gasteiger partial charge in [0.2, 0.25) is 11.5 Å². The molecule has 8 nitrogen and oxygen atoms in total. The third kappa shape index (κ3) is 3.79. The number of aromatic amines is 1. The van der Waals surface area contributed by atoms with Gasteiger partial charge >= 0.3 is 0 Å². The van der Waals surface area contributed by atoms with Crippen LogP contribution in [0.1, 0.15) is 1.37 Å². The highest BCUT2D eigenvalue weighted by atomic mass is 19.3. The molecule has 13 heteroatoms. The Hall–Kier alpha value is -3.48. The minimum Gasteiger partial charge on any atom is -0.479 e. The SMILES string of the molecule is [2H]c1c(F)c(-c2ccc3ncn(CC(F)F)c3c2)c2c(OC)nc(=N[C@@H]3CN(C)CC3(F)F)[nH]n12. The minimum absolute atomic E-state index is 0.00575. The molecule has 1 aliphatic rings. The second-order valence-corrected chi connectivity index (χ2v) is 8.14. The van der Waals surface area contributed by atoms with Crippen molar-refractivity contribution in [2.75, 3.05) is 27.2 Å². The predicted molar refractivity (Wildman–Crippen MR) is 113 cm³/mol. The first-order chi connectivity index (χ1) is 16.6. The van der Waals surface area contributed by atoms with Gasteiger partial charge in [-0.05, 0) is 24.7 Å². The average molecular weight is 482 g/mol. The molecule has 4 aromatic rings. The molecule has 1 aliphatic heterocycles. The van der Waals surface area contributed by atoms with Crippen LogP contribution in [-0.2, 0) is 6.54 Å². The first kappa shape index (κ1) is 21.1. The van der Waals surface area contributed by atoms with Gasteiger partial charge in [-0.15, -0.1) is 0 Å². The zero-order chi connectivity index (χ0) is 25.1. The maximum atomic E-state index is 15.4. The molecule has 4 heterocycles. The summed E-state index contributed by atoms with van der Waals surface area (Å²) in [6.45, 7) is -1.06. The molecular formula is C21H20F5N7O. The Balaban J connectivity index is 1.70. The fourth-order valence-electron chi connectivity index (χ4n) is 4.20. The summed E-state index contributed by atoms with van der Waals surface area (Å²) in [6.07, 6.45) is -1.95. The van der Waals surface area contributed by atoms with Crippen LogP contribution in [0, 0.1) is 5.82 Å². The molecule has 0 saturated carbocycles. The number of methoxy groups -OCH3 is 1. The topological polar surface area (TPSA) is 75.7 Å². The summed E-state index contributed by atoms with van der Waals surface area (Å²) in [5.74, 6) is -4.17. The molecule has 1 N–H and O–H groups in total. The van der Waals surface area contributed by atoms with Crippen molar-refractivity contribution in [1.29, 1.82) is 0 Å². The number of aromatic nitrogens is 5. The van der Waals surface area contributed by atoms with Crippen molar-refractivity contribution >= 4 is 16.6 Å². The van der Waals surface area contributed by atoms with E-state index in [1.807, 2.05) is 0 Å². The van der Waals surface area contributed by atoms with E-state index in [4.69, 9.17) is 6.11 Å². The Bertz CT molecular complexity index is 1500. The van der Waals surface area contributed by atoms with Gasteiger partial charge in [0.15, 0.2) is 5.82 Å². The quantitative estimate of drug-likeness (QED) is 0.444. The van der Waals surface area contributed by atoms with Crippen LogP contribution in [0.3, 0.4) is 0 Å². The van der Waals surface area contributed by atoms with Crippen LogP contribution < -0.4 is 10.4 Å². The second kappa shape index (κ2) is 8.08. The van der Waals surface area contributed by atoms with Crippen molar-refractivity contribution in [3.8, 4) is 17.0 Å². The Kier molecular flexibility index (Phi) is 5.01. The van der Waals surface area contributed by atoms with E-state index in [1.165, 1.54) is 35.0 Å². The number of benzene rings is 1. The second-order valence-electron chi connectivity index (χ2n) is 8.14. The molecule has 3 aromatic heterocycles. The lowest BCUT2D eigenvalue weighted by molar-refractivity contribution is 0.000405. The number of nitrogens with zero attached hydrogens (tertiary/aromatic N) is 6. The number of alkyl halides is 4. The third-order valence-electron chi connectivity index (χ3n) is 5.68. The number of ether oxygens (including phenoxy) is 1. The third-order valence-corrected chi connectivity index (χ3v) is 5.68. The molecule has 1 fully saturated rings. The Morgan fingerprint density at radius 2 is 2.18 bits per heavy atom. The Morgan fingerprint density at radius 1 is 1.38 bits per heavy atom. The number of H-pyrrole nitrogens is 1. The van der Waals surface area contributed by atoms with Crippen LogP contribution in [0.15, 0.2) is 35.7 Å². The van der Waals surface area contributed by atoms with Crippen LogP contribution in [0.25, 0.3) is 27.7 Å². The van der Waals surface area contributed by atoms with Gasteiger partial charge in [-0.25, -0.2) is 31.9 Å². The van der Waals surface area contributed by atoms with Gasteiger partial charge in [-0.1, -0.05) is 6.07 Å². The maximum Gasteiger partial charge on any atom is 0.283 e. The molecule has 0 aliphatic carbocycles. The van der Waals surface area contributed by atoms with E-state index >= 15 is 4.39 Å². The summed E-state index contributed by atoms with van der Waals surface area (Å²) < 4.78 is 85.6. The smallest absolute Gasteiger partial charge is 0.283 e. The average Bonchev–Trinajstić information content (AvgIpc) is 3.39. The van der Waals surface area contributed by atoms with Crippen molar-refractivity contribution in [2.24, 2.45) is 4.99 Å². The highest BCUT2D eigenvalue weighted by Crippen LogP contribution is 2.34. The summed E-state index contributed by atoms with van der Waals surface area (Å²) >= 11 is 0. The summed E-state index contributed by atoms with van der Waals surface area (Å²) in [4.78, 5) is 13.7. The molecule has 180 valence electrons. The molecule has 1 saturated heterocycles. The van der Waals surface area contributed by atoms with Crippen molar-refractivity contribution in [3.05, 3.63) is 42.1 Å². The molecule has 0 unspecified atom stereocenters. The van der Waals surface area contributed by atoms with Crippen LogP contribution in [0.5, 0.6) is 5.88 Å². The molecule has 34 heavy (non-hydrogen) atoms. The molecule has 1 atom stereocenters. The lowest BCUT2D eigenvalue weighted by Gasteiger charge is -2.13. The Labute approximate surface area is 190 Å². The van der Waals surface area contributed by atoms with Gasteiger partial charge in [0, 0.05) is 6.54 Å². The number of rotatable bonds is 5. The fourth-order valence-corrected chi connectivity index (χ4v) is 4.20. The van der Waals surface area contributed by atoms with Crippen molar-refractivity contribution in [3.63, 3.8) is 0 Å². The highest BCUT2D eigenvalue weighted by molar-refractivity contribution is 5.89. The van der Waals surface area contributed by atoms with Crippen LogP contribution in [0.4, 0.5) is 22.0 Å². The molecule has 0 radical (unpaired) electrons. The fraction of sp³-hybridized carbons (Fsp3) is 0.381. The lowest BCUT2D eigenvalue weighted by Crippen LogP contribution is -2.33. The van der Waals surface area contributed by atoms with E-state index in [9.17, 15) is 17.6 Å². The first-order valence-corrected chi connectivity index (χ1v) is 10.3. The zero-order valence-electron chi connectivity index (χ0n) is 19.1. The van der Waals surface area contributed by atoms with Gasteiger partial charge in [0.05, 0.1) is 50.7 Å². The van der Waals surface area contributed by atoms with Crippen molar-refractivity contribution in [1.82, 2.24) is 29.0 Å². The number of halogens is 5. The van der Waals surface area contributed by atoms with Crippen molar-refractivity contribution < 1.29 is 28.1 Å². The number of likely N-dealkylation sites (tertiary alicyclic amines) is 1. The first-order valence-electron chi connectivity index (χ1n) is 10.8. The standard InChI is InChI=1S/C21H20F5N7O/c1-31-7-15(21(25,26)9-31)28-20-29-19(34-2)18-17(12(22)6-33(18)30-20)11-3-4-13-14(5-11)32(10-27-13)8-16(23)24/h3-6,10,15-16H,7-9H2,1-2H3,(H,28,30)/t15-/m1/s1/i6D. The predicted octanol–water partition coefficient (Wildman–Crippen LogP) is 2.94. The van der Waals surface area contributed by atoms with Gasteiger partial charge in [0.25, 0.3) is 12.3 Å².